The van der Waals surface area contributed by atoms with Crippen LogP contribution in [-0.4, -0.2) is 14.2 Å². The van der Waals surface area contributed by atoms with E-state index in [0.29, 0.717) is 12.2 Å². The fraction of sp³-hybridized carbons (Fsp3) is 0.0909. The molecule has 0 bridgehead atoms. The molecule has 3 rings (SSSR count). The zero-order valence-electron chi connectivity index (χ0n) is 8.71. The standard InChI is InChI=1S/C11H8BrN3OS/c12-8-5-9(17-7-8)6-15-11(16)14-4-2-1-3-10(14)13-15/h1-5,7H,6H2. The van der Waals surface area contributed by atoms with Gasteiger partial charge in [0.05, 0.1) is 6.54 Å². The maximum Gasteiger partial charge on any atom is 0.350 e. The molecule has 0 saturated heterocycles. The van der Waals surface area contributed by atoms with Crippen molar-refractivity contribution in [3.63, 3.8) is 0 Å². The number of pyridine rings is 1. The molecule has 0 atom stereocenters. The second kappa shape index (κ2) is 4.12. The Bertz CT molecular complexity index is 727. The van der Waals surface area contributed by atoms with Crippen LogP contribution in [0.2, 0.25) is 0 Å². The average Bonchev–Trinajstić information content (AvgIpc) is 2.86. The summed E-state index contributed by atoms with van der Waals surface area (Å²) in [6.45, 7) is 0.511. The maximum atomic E-state index is 12.0. The van der Waals surface area contributed by atoms with E-state index in [1.165, 1.54) is 4.68 Å². The Hall–Kier alpha value is -1.40. The molecule has 0 aliphatic heterocycles. The highest BCUT2D eigenvalue weighted by Crippen LogP contribution is 2.19. The van der Waals surface area contributed by atoms with Gasteiger partial charge in [0, 0.05) is 20.9 Å². The van der Waals surface area contributed by atoms with Crippen molar-refractivity contribution in [3.05, 3.63) is 55.7 Å². The van der Waals surface area contributed by atoms with E-state index in [2.05, 4.69) is 21.0 Å². The molecular weight excluding hydrogens is 302 g/mol. The van der Waals surface area contributed by atoms with E-state index in [1.54, 1.807) is 21.9 Å². The van der Waals surface area contributed by atoms with Crippen LogP contribution >= 0.6 is 27.3 Å². The van der Waals surface area contributed by atoms with E-state index in [4.69, 9.17) is 0 Å². The molecule has 0 amide bonds. The van der Waals surface area contributed by atoms with Crippen molar-refractivity contribution in [2.24, 2.45) is 0 Å². The molecule has 0 unspecified atom stereocenters. The lowest BCUT2D eigenvalue weighted by Crippen LogP contribution is -2.21. The van der Waals surface area contributed by atoms with Gasteiger partial charge in [-0.05, 0) is 34.1 Å². The third-order valence-electron chi connectivity index (χ3n) is 2.42. The van der Waals surface area contributed by atoms with Gasteiger partial charge in [-0.3, -0.25) is 4.40 Å². The topological polar surface area (TPSA) is 39.3 Å². The van der Waals surface area contributed by atoms with E-state index in [-0.39, 0.29) is 5.69 Å². The van der Waals surface area contributed by atoms with Crippen LogP contribution in [0.4, 0.5) is 0 Å². The van der Waals surface area contributed by atoms with Crippen LogP contribution in [-0.2, 0) is 6.54 Å². The second-order valence-electron chi connectivity index (χ2n) is 3.60. The summed E-state index contributed by atoms with van der Waals surface area (Å²) in [5.41, 5.74) is 0.568. The van der Waals surface area contributed by atoms with Crippen molar-refractivity contribution in [2.45, 2.75) is 6.54 Å². The zero-order chi connectivity index (χ0) is 11.8. The van der Waals surface area contributed by atoms with E-state index in [0.717, 1.165) is 9.35 Å². The molecule has 0 aliphatic carbocycles. The largest absolute Gasteiger partial charge is 0.350 e. The van der Waals surface area contributed by atoms with Crippen LogP contribution in [0.5, 0.6) is 0 Å². The molecule has 0 spiro atoms. The van der Waals surface area contributed by atoms with Crippen molar-refractivity contribution < 1.29 is 0 Å². The Balaban J connectivity index is 2.06. The normalized spacial score (nSPS) is 11.1. The lowest BCUT2D eigenvalue weighted by atomic mass is 10.5. The highest BCUT2D eigenvalue weighted by Gasteiger charge is 2.07. The first-order valence-electron chi connectivity index (χ1n) is 5.01. The molecule has 0 radical (unpaired) electrons. The third-order valence-corrected chi connectivity index (χ3v) is 4.10. The number of nitrogens with zero attached hydrogens (tertiary/aromatic N) is 3. The van der Waals surface area contributed by atoms with Crippen molar-refractivity contribution in [1.82, 2.24) is 14.2 Å². The van der Waals surface area contributed by atoms with E-state index >= 15 is 0 Å². The third kappa shape index (κ3) is 1.94. The smallest absolute Gasteiger partial charge is 0.250 e. The summed E-state index contributed by atoms with van der Waals surface area (Å²) in [6.07, 6.45) is 1.73. The molecule has 0 fully saturated rings. The molecule has 17 heavy (non-hydrogen) atoms. The summed E-state index contributed by atoms with van der Waals surface area (Å²) in [5, 5.41) is 6.27. The molecule has 86 valence electrons. The molecular formula is C11H8BrN3OS. The van der Waals surface area contributed by atoms with E-state index in [9.17, 15) is 4.79 Å². The Morgan fingerprint density at radius 1 is 1.41 bits per heavy atom. The van der Waals surface area contributed by atoms with Crippen LogP contribution in [0, 0.1) is 0 Å². The maximum absolute atomic E-state index is 12.0. The fourth-order valence-electron chi connectivity index (χ4n) is 1.66. The minimum atomic E-state index is -0.106. The Morgan fingerprint density at radius 3 is 3.00 bits per heavy atom. The quantitative estimate of drug-likeness (QED) is 0.729. The van der Waals surface area contributed by atoms with Crippen molar-refractivity contribution in [3.8, 4) is 0 Å². The first kappa shape index (κ1) is 10.7. The van der Waals surface area contributed by atoms with Crippen LogP contribution in [0.3, 0.4) is 0 Å². The minimum Gasteiger partial charge on any atom is -0.250 e. The number of thiophene rings is 1. The van der Waals surface area contributed by atoms with Gasteiger partial charge in [-0.1, -0.05) is 6.07 Å². The summed E-state index contributed by atoms with van der Waals surface area (Å²) in [7, 11) is 0. The summed E-state index contributed by atoms with van der Waals surface area (Å²) in [6, 6.07) is 7.51. The van der Waals surface area contributed by atoms with Gasteiger partial charge >= 0.3 is 5.69 Å². The minimum absolute atomic E-state index is 0.106. The Morgan fingerprint density at radius 2 is 2.29 bits per heavy atom. The summed E-state index contributed by atoms with van der Waals surface area (Å²) in [4.78, 5) is 13.1. The molecule has 3 aromatic heterocycles. The summed E-state index contributed by atoms with van der Waals surface area (Å²) >= 11 is 5.00. The molecule has 0 saturated carbocycles. The molecule has 0 aromatic carbocycles. The average molecular weight is 310 g/mol. The number of hydrogen-bond acceptors (Lipinski definition) is 3. The van der Waals surface area contributed by atoms with Crippen LogP contribution in [0.25, 0.3) is 5.65 Å². The van der Waals surface area contributed by atoms with Gasteiger partial charge < -0.3 is 0 Å². The van der Waals surface area contributed by atoms with Crippen LogP contribution in [0.1, 0.15) is 4.88 Å². The first-order chi connectivity index (χ1) is 8.24. The Kier molecular flexibility index (Phi) is 2.60. The molecule has 0 aliphatic rings. The number of fused-ring (bicyclic) bond motifs is 1. The monoisotopic (exact) mass is 309 g/mol. The van der Waals surface area contributed by atoms with Crippen LogP contribution in [0.15, 0.2) is 45.1 Å². The fourth-order valence-corrected chi connectivity index (χ4v) is 3.09. The van der Waals surface area contributed by atoms with Gasteiger partial charge in [-0.25, -0.2) is 9.48 Å². The molecule has 4 nitrogen and oxygen atoms in total. The zero-order valence-corrected chi connectivity index (χ0v) is 11.1. The molecule has 3 aromatic rings. The first-order valence-corrected chi connectivity index (χ1v) is 6.68. The lowest BCUT2D eigenvalue weighted by Gasteiger charge is -1.94. The van der Waals surface area contributed by atoms with Gasteiger partial charge in [0.15, 0.2) is 5.65 Å². The summed E-state index contributed by atoms with van der Waals surface area (Å²) < 4.78 is 4.06. The second-order valence-corrected chi connectivity index (χ2v) is 5.51. The molecule has 6 heteroatoms. The van der Waals surface area contributed by atoms with Crippen LogP contribution < -0.4 is 5.69 Å². The predicted molar refractivity (Wildman–Crippen MR) is 70.6 cm³/mol. The number of rotatable bonds is 2. The number of halogens is 1. The highest BCUT2D eigenvalue weighted by molar-refractivity contribution is 9.10. The van der Waals surface area contributed by atoms with Gasteiger partial charge in [0.25, 0.3) is 0 Å². The van der Waals surface area contributed by atoms with Crippen molar-refractivity contribution in [2.75, 3.05) is 0 Å². The molecule has 0 N–H and O–H groups in total. The van der Waals surface area contributed by atoms with Gasteiger partial charge in [0.2, 0.25) is 0 Å². The molecule has 3 heterocycles. The predicted octanol–water partition coefficient (Wildman–Crippen LogP) is 2.37. The number of aromatic nitrogens is 3. The Labute approximate surface area is 109 Å². The summed E-state index contributed by atoms with van der Waals surface area (Å²) in [5.74, 6) is 0. The lowest BCUT2D eigenvalue weighted by molar-refractivity contribution is 0.665. The van der Waals surface area contributed by atoms with Crippen molar-refractivity contribution in [1.29, 1.82) is 0 Å². The van der Waals surface area contributed by atoms with E-state index < -0.39 is 0 Å². The van der Waals surface area contributed by atoms with Gasteiger partial charge in [-0.2, -0.15) is 0 Å². The van der Waals surface area contributed by atoms with Gasteiger partial charge in [0.1, 0.15) is 0 Å². The van der Waals surface area contributed by atoms with E-state index in [1.807, 2.05) is 29.6 Å². The van der Waals surface area contributed by atoms with Gasteiger partial charge in [-0.15, -0.1) is 16.4 Å². The highest BCUT2D eigenvalue weighted by atomic mass is 79.9. The number of hydrogen-bond donors (Lipinski definition) is 0. The van der Waals surface area contributed by atoms with Crippen molar-refractivity contribution >= 4 is 32.9 Å². The SMILES string of the molecule is O=c1n(Cc2cc(Br)cs2)nc2ccccn12.